The number of alkyl halides is 6. The minimum absolute atomic E-state index is 0.110. The first-order valence-corrected chi connectivity index (χ1v) is 9.84. The van der Waals surface area contributed by atoms with E-state index in [9.17, 15) is 31.1 Å². The zero-order chi connectivity index (χ0) is 23.8. The van der Waals surface area contributed by atoms with Gasteiger partial charge in [0.25, 0.3) is 6.10 Å². The van der Waals surface area contributed by atoms with E-state index in [1.807, 2.05) is 60.7 Å². The van der Waals surface area contributed by atoms with E-state index in [1.54, 1.807) is 10.7 Å². The fourth-order valence-electron chi connectivity index (χ4n) is 3.49. The molecule has 1 saturated heterocycles. The number of para-hydroxylation sites is 1. The summed E-state index contributed by atoms with van der Waals surface area (Å²) in [6.45, 7) is -0.220. The molecule has 0 saturated carbocycles. The number of ether oxygens (including phenoxy) is 1. The summed E-state index contributed by atoms with van der Waals surface area (Å²) < 4.78 is 81.3. The van der Waals surface area contributed by atoms with Crippen LogP contribution in [0, 0.1) is 0 Å². The first kappa shape index (κ1) is 22.7. The molecule has 0 aliphatic carbocycles. The highest BCUT2D eigenvalue weighted by Crippen LogP contribution is 2.37. The van der Waals surface area contributed by atoms with E-state index < -0.39 is 24.5 Å². The molecule has 4 rings (SSSR count). The number of rotatable bonds is 4. The maximum absolute atomic E-state index is 12.6. The van der Waals surface area contributed by atoms with Gasteiger partial charge in [0.05, 0.1) is 17.1 Å². The number of nitrogens with zero attached hydrogens (tertiary/aromatic N) is 3. The monoisotopic (exact) mass is 469 g/mol. The molecule has 0 spiro atoms. The van der Waals surface area contributed by atoms with Gasteiger partial charge in [0.1, 0.15) is 0 Å². The highest BCUT2D eigenvalue weighted by molar-refractivity contribution is 5.70. The summed E-state index contributed by atoms with van der Waals surface area (Å²) in [6.07, 6.45) is -17.3. The van der Waals surface area contributed by atoms with Gasteiger partial charge in [-0.2, -0.15) is 31.4 Å². The number of likely N-dealkylation sites (tertiary alicyclic amines) is 1. The van der Waals surface area contributed by atoms with Gasteiger partial charge in [-0.05, 0) is 18.2 Å². The summed E-state index contributed by atoms with van der Waals surface area (Å²) >= 11 is 0. The SMILES string of the molecule is O=C(OC(C(F)(F)F)C(F)(F)F)N1CC(c2cc(-c3ccccc3)n(-c3ccccc3)n2)C1. The third-order valence-electron chi connectivity index (χ3n) is 5.17. The van der Waals surface area contributed by atoms with Gasteiger partial charge in [-0.3, -0.25) is 0 Å². The van der Waals surface area contributed by atoms with Crippen molar-refractivity contribution in [2.24, 2.45) is 0 Å². The molecule has 3 aromatic rings. The average Bonchev–Trinajstić information content (AvgIpc) is 3.15. The molecule has 0 radical (unpaired) electrons. The van der Waals surface area contributed by atoms with E-state index in [0.717, 1.165) is 21.8 Å². The van der Waals surface area contributed by atoms with Crippen LogP contribution in [0.2, 0.25) is 0 Å². The van der Waals surface area contributed by atoms with Crippen LogP contribution in [0.25, 0.3) is 16.9 Å². The highest BCUT2D eigenvalue weighted by Gasteiger charge is 2.60. The molecule has 1 amide bonds. The number of hydrogen-bond acceptors (Lipinski definition) is 3. The molecule has 5 nitrogen and oxygen atoms in total. The van der Waals surface area contributed by atoms with E-state index >= 15 is 0 Å². The first-order valence-electron chi connectivity index (χ1n) is 9.84. The third-order valence-corrected chi connectivity index (χ3v) is 5.17. The number of carbonyl (C=O) groups is 1. The molecule has 1 aliphatic heterocycles. The molecule has 174 valence electrons. The predicted octanol–water partition coefficient (Wildman–Crippen LogP) is 5.57. The van der Waals surface area contributed by atoms with Crippen molar-refractivity contribution in [3.63, 3.8) is 0 Å². The van der Waals surface area contributed by atoms with Gasteiger partial charge in [0.2, 0.25) is 0 Å². The van der Waals surface area contributed by atoms with Gasteiger partial charge in [-0.15, -0.1) is 0 Å². The van der Waals surface area contributed by atoms with Crippen molar-refractivity contribution in [2.45, 2.75) is 24.4 Å². The minimum Gasteiger partial charge on any atom is -0.426 e. The molecule has 1 aliphatic rings. The Bertz CT molecular complexity index is 1040. The van der Waals surface area contributed by atoms with Gasteiger partial charge >= 0.3 is 18.4 Å². The lowest BCUT2D eigenvalue weighted by Gasteiger charge is -2.38. The van der Waals surface area contributed by atoms with Crippen LogP contribution in [0.15, 0.2) is 66.7 Å². The maximum atomic E-state index is 12.6. The number of carbonyl (C=O) groups excluding carboxylic acids is 1. The van der Waals surface area contributed by atoms with E-state index in [0.29, 0.717) is 5.69 Å². The Kier molecular flexibility index (Phi) is 5.81. The van der Waals surface area contributed by atoms with Crippen molar-refractivity contribution in [1.82, 2.24) is 14.7 Å². The van der Waals surface area contributed by atoms with Crippen LogP contribution in [-0.4, -0.2) is 52.3 Å². The standard InChI is InChI=1S/C22H17F6N3O2/c23-21(24,25)19(22(26,27)28)33-20(32)30-12-15(13-30)17-11-18(14-7-3-1-4-8-14)31(29-17)16-9-5-2-6-10-16/h1-11,15,19H,12-13H2. The van der Waals surface area contributed by atoms with Crippen molar-refractivity contribution in [3.8, 4) is 16.9 Å². The maximum Gasteiger partial charge on any atom is 0.434 e. The van der Waals surface area contributed by atoms with E-state index in [2.05, 4.69) is 9.84 Å². The first-order chi connectivity index (χ1) is 15.5. The Morgan fingerprint density at radius 1 is 0.909 bits per heavy atom. The average molecular weight is 469 g/mol. The van der Waals surface area contributed by atoms with E-state index in [-0.39, 0.29) is 19.0 Å². The molecule has 0 unspecified atom stereocenters. The molecule has 2 aromatic carbocycles. The summed E-state index contributed by atoms with van der Waals surface area (Å²) in [5.41, 5.74) is 2.96. The molecular formula is C22H17F6N3O2. The van der Waals surface area contributed by atoms with Gasteiger partial charge in [0.15, 0.2) is 0 Å². The van der Waals surface area contributed by atoms with Crippen molar-refractivity contribution in [2.75, 3.05) is 13.1 Å². The Hall–Kier alpha value is -3.50. The number of hydrogen-bond donors (Lipinski definition) is 0. The van der Waals surface area contributed by atoms with Crippen LogP contribution < -0.4 is 0 Å². The van der Waals surface area contributed by atoms with Crippen LogP contribution in [0.3, 0.4) is 0 Å². The lowest BCUT2D eigenvalue weighted by Crippen LogP contribution is -2.53. The summed E-state index contributed by atoms with van der Waals surface area (Å²) in [7, 11) is 0. The van der Waals surface area contributed by atoms with Gasteiger partial charge in [0, 0.05) is 24.6 Å². The molecule has 0 bridgehead atoms. The predicted molar refractivity (Wildman–Crippen MR) is 106 cm³/mol. The number of aromatic nitrogens is 2. The van der Waals surface area contributed by atoms with Gasteiger partial charge in [-0.25, -0.2) is 9.48 Å². The quantitative estimate of drug-likeness (QED) is 0.470. The molecule has 33 heavy (non-hydrogen) atoms. The second-order valence-electron chi connectivity index (χ2n) is 7.52. The molecule has 11 heteroatoms. The van der Waals surface area contributed by atoms with Crippen LogP contribution >= 0.6 is 0 Å². The molecule has 1 fully saturated rings. The summed E-state index contributed by atoms with van der Waals surface area (Å²) in [5, 5.41) is 4.59. The van der Waals surface area contributed by atoms with Gasteiger partial charge < -0.3 is 9.64 Å². The smallest absolute Gasteiger partial charge is 0.426 e. The second kappa shape index (κ2) is 8.45. The fraction of sp³-hybridized carbons (Fsp3) is 0.273. The molecule has 0 atom stereocenters. The number of benzene rings is 2. The fourth-order valence-corrected chi connectivity index (χ4v) is 3.49. The summed E-state index contributed by atoms with van der Waals surface area (Å²) in [6, 6.07) is 20.4. The largest absolute Gasteiger partial charge is 0.434 e. The van der Waals surface area contributed by atoms with Crippen LogP contribution in [0.1, 0.15) is 11.6 Å². The normalized spacial score (nSPS) is 14.9. The lowest BCUT2D eigenvalue weighted by molar-refractivity contribution is -0.308. The Balaban J connectivity index is 1.52. The topological polar surface area (TPSA) is 47.4 Å². The van der Waals surface area contributed by atoms with Crippen molar-refractivity contribution in [1.29, 1.82) is 0 Å². The van der Waals surface area contributed by atoms with Gasteiger partial charge in [-0.1, -0.05) is 48.5 Å². The van der Waals surface area contributed by atoms with Crippen molar-refractivity contribution < 1.29 is 35.9 Å². The summed E-state index contributed by atoms with van der Waals surface area (Å²) in [4.78, 5) is 12.7. The second-order valence-corrected chi connectivity index (χ2v) is 7.52. The van der Waals surface area contributed by atoms with Crippen LogP contribution in [0.4, 0.5) is 31.1 Å². The van der Waals surface area contributed by atoms with Crippen LogP contribution in [0.5, 0.6) is 0 Å². The lowest BCUT2D eigenvalue weighted by atomic mass is 9.96. The van der Waals surface area contributed by atoms with Crippen LogP contribution in [-0.2, 0) is 4.74 Å². The Labute approximate surface area is 184 Å². The van der Waals surface area contributed by atoms with Crippen molar-refractivity contribution in [3.05, 3.63) is 72.4 Å². The van der Waals surface area contributed by atoms with Crippen molar-refractivity contribution >= 4 is 6.09 Å². The molecule has 1 aromatic heterocycles. The van der Waals surface area contributed by atoms with E-state index in [4.69, 9.17) is 0 Å². The zero-order valence-corrected chi connectivity index (χ0v) is 16.8. The Morgan fingerprint density at radius 3 is 2.00 bits per heavy atom. The number of amides is 1. The number of halogens is 6. The molecule has 2 heterocycles. The molecular weight excluding hydrogens is 452 g/mol. The Morgan fingerprint density at radius 2 is 1.45 bits per heavy atom. The summed E-state index contributed by atoms with van der Waals surface area (Å²) in [5.74, 6) is -0.361. The third kappa shape index (κ3) is 4.81. The highest BCUT2D eigenvalue weighted by atomic mass is 19.4. The zero-order valence-electron chi connectivity index (χ0n) is 16.8. The van der Waals surface area contributed by atoms with E-state index in [1.165, 1.54) is 0 Å². The molecule has 0 N–H and O–H groups in total. The minimum atomic E-state index is -5.75.